The number of carbonyl (C=O) groups excluding carboxylic acids is 1. The van der Waals surface area contributed by atoms with Gasteiger partial charge in [-0.2, -0.15) is 0 Å². The molecule has 0 aliphatic heterocycles. The van der Waals surface area contributed by atoms with Crippen LogP contribution < -0.4 is 5.32 Å². The molecule has 1 amide bonds. The van der Waals surface area contributed by atoms with Crippen molar-refractivity contribution in [1.82, 2.24) is 20.2 Å². The molecule has 0 radical (unpaired) electrons. The third kappa shape index (κ3) is 3.30. The summed E-state index contributed by atoms with van der Waals surface area (Å²) in [7, 11) is 1.80. The smallest absolute Gasteiger partial charge is 0.239 e. The van der Waals surface area contributed by atoms with E-state index < -0.39 is 0 Å². The van der Waals surface area contributed by atoms with E-state index in [-0.39, 0.29) is 11.9 Å². The standard InChI is InChI=1S/C15H20N4O/c1-4-19(3)15(20)11(2)16-9-12-10-17-13-7-5-6-8-14(13)18-12/h5-8,10-11,16H,4,9H2,1-3H3. The van der Waals surface area contributed by atoms with Gasteiger partial charge in [0.25, 0.3) is 0 Å². The molecule has 0 aliphatic rings. The Labute approximate surface area is 119 Å². The molecular formula is C15H20N4O. The second-order valence-corrected chi connectivity index (χ2v) is 4.81. The summed E-state index contributed by atoms with van der Waals surface area (Å²) in [6.45, 7) is 5.06. The molecule has 1 aromatic carbocycles. The van der Waals surface area contributed by atoms with E-state index in [1.165, 1.54) is 0 Å². The second kappa shape index (κ2) is 6.43. The highest BCUT2D eigenvalue weighted by Crippen LogP contribution is 2.08. The van der Waals surface area contributed by atoms with Gasteiger partial charge in [0, 0.05) is 20.1 Å². The molecule has 20 heavy (non-hydrogen) atoms. The lowest BCUT2D eigenvalue weighted by Gasteiger charge is -2.20. The lowest BCUT2D eigenvalue weighted by Crippen LogP contribution is -2.42. The SMILES string of the molecule is CCN(C)C(=O)C(C)NCc1cnc2ccccc2n1. The van der Waals surface area contributed by atoms with Crippen molar-refractivity contribution in [3.05, 3.63) is 36.2 Å². The minimum absolute atomic E-state index is 0.0845. The number of hydrogen-bond donors (Lipinski definition) is 1. The molecule has 0 spiro atoms. The maximum atomic E-state index is 11.9. The van der Waals surface area contributed by atoms with Crippen molar-refractivity contribution in [1.29, 1.82) is 0 Å². The Morgan fingerprint density at radius 2 is 2.05 bits per heavy atom. The fourth-order valence-corrected chi connectivity index (χ4v) is 1.91. The van der Waals surface area contributed by atoms with Gasteiger partial charge in [0.15, 0.2) is 0 Å². The number of fused-ring (bicyclic) bond motifs is 1. The Morgan fingerprint density at radius 3 is 2.75 bits per heavy atom. The Hall–Kier alpha value is -2.01. The molecule has 1 aromatic heterocycles. The first kappa shape index (κ1) is 14.4. The van der Waals surface area contributed by atoms with Gasteiger partial charge in [-0.25, -0.2) is 4.98 Å². The van der Waals surface area contributed by atoms with E-state index in [0.717, 1.165) is 16.7 Å². The van der Waals surface area contributed by atoms with Crippen LogP contribution in [0.3, 0.4) is 0 Å². The number of nitrogens with one attached hydrogen (secondary N) is 1. The number of hydrogen-bond acceptors (Lipinski definition) is 4. The summed E-state index contributed by atoms with van der Waals surface area (Å²) in [4.78, 5) is 22.5. The van der Waals surface area contributed by atoms with Crippen LogP contribution in [-0.2, 0) is 11.3 Å². The van der Waals surface area contributed by atoms with E-state index in [4.69, 9.17) is 0 Å². The molecule has 2 aromatic rings. The van der Waals surface area contributed by atoms with Crippen LogP contribution in [0.2, 0.25) is 0 Å². The molecule has 2 rings (SSSR count). The molecule has 0 fully saturated rings. The molecule has 0 bridgehead atoms. The van der Waals surface area contributed by atoms with Crippen molar-refractivity contribution in [2.75, 3.05) is 13.6 Å². The number of para-hydroxylation sites is 2. The molecule has 1 atom stereocenters. The highest BCUT2D eigenvalue weighted by Gasteiger charge is 2.15. The molecule has 5 heteroatoms. The molecule has 5 nitrogen and oxygen atoms in total. The summed E-state index contributed by atoms with van der Waals surface area (Å²) in [5.74, 6) is 0.0845. The topological polar surface area (TPSA) is 58.1 Å². The number of rotatable bonds is 5. The van der Waals surface area contributed by atoms with Gasteiger partial charge in [0.2, 0.25) is 5.91 Å². The highest BCUT2D eigenvalue weighted by atomic mass is 16.2. The molecule has 1 unspecified atom stereocenters. The lowest BCUT2D eigenvalue weighted by molar-refractivity contribution is -0.131. The van der Waals surface area contributed by atoms with Crippen molar-refractivity contribution < 1.29 is 4.79 Å². The van der Waals surface area contributed by atoms with Crippen molar-refractivity contribution >= 4 is 16.9 Å². The predicted molar refractivity (Wildman–Crippen MR) is 79.2 cm³/mol. The van der Waals surface area contributed by atoms with Crippen LogP contribution in [0.5, 0.6) is 0 Å². The van der Waals surface area contributed by atoms with Crippen LogP contribution in [0, 0.1) is 0 Å². The number of benzene rings is 1. The van der Waals surface area contributed by atoms with Crippen LogP contribution in [-0.4, -0.2) is 40.4 Å². The predicted octanol–water partition coefficient (Wildman–Crippen LogP) is 1.59. The highest BCUT2D eigenvalue weighted by molar-refractivity contribution is 5.81. The van der Waals surface area contributed by atoms with Gasteiger partial charge in [-0.15, -0.1) is 0 Å². The van der Waals surface area contributed by atoms with Gasteiger partial charge >= 0.3 is 0 Å². The van der Waals surface area contributed by atoms with Crippen LogP contribution in [0.4, 0.5) is 0 Å². The van der Waals surface area contributed by atoms with E-state index in [1.54, 1.807) is 18.1 Å². The number of aromatic nitrogens is 2. The summed E-state index contributed by atoms with van der Waals surface area (Å²) in [5.41, 5.74) is 2.59. The molecule has 1 heterocycles. The molecule has 0 saturated carbocycles. The maximum Gasteiger partial charge on any atom is 0.239 e. The number of amides is 1. The summed E-state index contributed by atoms with van der Waals surface area (Å²) >= 11 is 0. The molecule has 106 valence electrons. The lowest BCUT2D eigenvalue weighted by atomic mass is 10.2. The maximum absolute atomic E-state index is 11.9. The number of nitrogens with zero attached hydrogens (tertiary/aromatic N) is 3. The van der Waals surface area contributed by atoms with Gasteiger partial charge in [-0.1, -0.05) is 12.1 Å². The van der Waals surface area contributed by atoms with E-state index in [9.17, 15) is 4.79 Å². The average molecular weight is 272 g/mol. The Kier molecular flexibility index (Phi) is 4.63. The third-order valence-electron chi connectivity index (χ3n) is 3.31. The number of carbonyl (C=O) groups is 1. The van der Waals surface area contributed by atoms with Crippen molar-refractivity contribution in [3.8, 4) is 0 Å². The van der Waals surface area contributed by atoms with E-state index in [0.29, 0.717) is 13.1 Å². The minimum Gasteiger partial charge on any atom is -0.345 e. The van der Waals surface area contributed by atoms with Gasteiger partial charge < -0.3 is 10.2 Å². The average Bonchev–Trinajstić information content (AvgIpc) is 2.50. The zero-order valence-electron chi connectivity index (χ0n) is 12.1. The van der Waals surface area contributed by atoms with E-state index >= 15 is 0 Å². The summed E-state index contributed by atoms with van der Waals surface area (Å²) in [6.07, 6.45) is 1.75. The summed E-state index contributed by atoms with van der Waals surface area (Å²) in [6, 6.07) is 7.52. The van der Waals surface area contributed by atoms with Crippen LogP contribution in [0.15, 0.2) is 30.5 Å². The van der Waals surface area contributed by atoms with Gasteiger partial charge in [0.05, 0.1) is 29.0 Å². The molecule has 0 aliphatic carbocycles. The first-order valence-corrected chi connectivity index (χ1v) is 6.81. The zero-order valence-corrected chi connectivity index (χ0v) is 12.1. The summed E-state index contributed by atoms with van der Waals surface area (Å²) in [5, 5.41) is 3.18. The van der Waals surface area contributed by atoms with E-state index in [1.807, 2.05) is 38.1 Å². The first-order valence-electron chi connectivity index (χ1n) is 6.81. The van der Waals surface area contributed by atoms with E-state index in [2.05, 4.69) is 15.3 Å². The summed E-state index contributed by atoms with van der Waals surface area (Å²) < 4.78 is 0. The van der Waals surface area contributed by atoms with Crippen LogP contribution in [0.25, 0.3) is 11.0 Å². The Balaban J connectivity index is 2.00. The quantitative estimate of drug-likeness (QED) is 0.898. The van der Waals surface area contributed by atoms with Crippen LogP contribution in [0.1, 0.15) is 19.5 Å². The Bertz CT molecular complexity index is 599. The largest absolute Gasteiger partial charge is 0.345 e. The number of likely N-dealkylation sites (N-methyl/N-ethyl adjacent to an activating group) is 1. The third-order valence-corrected chi connectivity index (χ3v) is 3.31. The van der Waals surface area contributed by atoms with Crippen LogP contribution >= 0.6 is 0 Å². The van der Waals surface area contributed by atoms with Gasteiger partial charge in [0.1, 0.15) is 0 Å². The van der Waals surface area contributed by atoms with Crippen molar-refractivity contribution in [3.63, 3.8) is 0 Å². The normalized spacial score (nSPS) is 12.3. The molecule has 1 N–H and O–H groups in total. The fraction of sp³-hybridized carbons (Fsp3) is 0.400. The first-order chi connectivity index (χ1) is 9.61. The monoisotopic (exact) mass is 272 g/mol. The fourth-order valence-electron chi connectivity index (χ4n) is 1.91. The molecule has 0 saturated heterocycles. The second-order valence-electron chi connectivity index (χ2n) is 4.81. The zero-order chi connectivity index (χ0) is 14.5. The minimum atomic E-state index is -0.228. The van der Waals surface area contributed by atoms with Crippen molar-refractivity contribution in [2.24, 2.45) is 0 Å². The van der Waals surface area contributed by atoms with Gasteiger partial charge in [-0.05, 0) is 26.0 Å². The Morgan fingerprint density at radius 1 is 1.35 bits per heavy atom. The van der Waals surface area contributed by atoms with Gasteiger partial charge in [-0.3, -0.25) is 9.78 Å². The molecular weight excluding hydrogens is 252 g/mol. The van der Waals surface area contributed by atoms with Crippen molar-refractivity contribution in [2.45, 2.75) is 26.4 Å².